The van der Waals surface area contributed by atoms with Gasteiger partial charge in [0.1, 0.15) is 5.75 Å². The molecule has 1 aromatic rings. The summed E-state index contributed by atoms with van der Waals surface area (Å²) in [5.74, 6) is 0.469. The van der Waals surface area contributed by atoms with Crippen molar-refractivity contribution in [1.82, 2.24) is 0 Å². The van der Waals surface area contributed by atoms with Crippen molar-refractivity contribution in [3.05, 3.63) is 29.8 Å². The summed E-state index contributed by atoms with van der Waals surface area (Å²) < 4.78 is 15.3. The Hall–Kier alpha value is -0.790. The van der Waals surface area contributed by atoms with Gasteiger partial charge in [0.05, 0.1) is 0 Å². The van der Waals surface area contributed by atoms with Gasteiger partial charge in [0.15, 0.2) is 0 Å². The van der Waals surface area contributed by atoms with Crippen molar-refractivity contribution >= 4 is 8.25 Å². The smallest absolute Gasteiger partial charge is 0.365 e. The highest BCUT2D eigenvalue weighted by Crippen LogP contribution is 2.23. The van der Waals surface area contributed by atoms with Crippen LogP contribution in [-0.4, -0.2) is 4.89 Å². The second-order valence-corrected chi connectivity index (χ2v) is 5.97. The third-order valence-corrected chi connectivity index (χ3v) is 3.86. The van der Waals surface area contributed by atoms with Crippen LogP contribution < -0.4 is 4.52 Å². The van der Waals surface area contributed by atoms with E-state index >= 15 is 0 Å². The van der Waals surface area contributed by atoms with E-state index in [2.05, 4.69) is 6.92 Å². The van der Waals surface area contributed by atoms with Crippen molar-refractivity contribution in [2.75, 3.05) is 0 Å². The van der Waals surface area contributed by atoms with E-state index in [-0.39, 0.29) is 0 Å². The van der Waals surface area contributed by atoms with Crippen molar-refractivity contribution in [3.63, 3.8) is 0 Å². The minimum atomic E-state index is -2.88. The molecule has 0 bridgehead atoms. The summed E-state index contributed by atoms with van der Waals surface area (Å²) >= 11 is 0. The molecule has 0 aliphatic carbocycles. The molecule has 0 saturated carbocycles. The average Bonchev–Trinajstić information content (AvgIpc) is 2.43. The van der Waals surface area contributed by atoms with Gasteiger partial charge in [0, 0.05) is 0 Å². The van der Waals surface area contributed by atoms with Crippen LogP contribution >= 0.6 is 8.25 Å². The van der Waals surface area contributed by atoms with E-state index in [1.54, 1.807) is 12.1 Å². The summed E-state index contributed by atoms with van der Waals surface area (Å²) in [5.41, 5.74) is 1.26. The standard InChI is InChI=1S/C16H27O3P/c1-2-3-4-5-6-7-8-9-10-15-11-13-16(14-12-15)19-20(17)18/h11-14,20H,2-10H2,1H3,(H,17,18). The van der Waals surface area contributed by atoms with Crippen molar-refractivity contribution < 1.29 is 14.0 Å². The topological polar surface area (TPSA) is 46.5 Å². The van der Waals surface area contributed by atoms with E-state index in [0.717, 1.165) is 6.42 Å². The van der Waals surface area contributed by atoms with Crippen LogP contribution in [0.2, 0.25) is 0 Å². The molecule has 1 N–H and O–H groups in total. The minimum absolute atomic E-state index is 0.469. The first kappa shape index (κ1) is 17.3. The Bertz CT molecular complexity index is 376. The molecular formula is C16H27O3P. The van der Waals surface area contributed by atoms with E-state index in [4.69, 9.17) is 9.42 Å². The third-order valence-electron chi connectivity index (χ3n) is 3.45. The molecule has 0 spiro atoms. The Balaban J connectivity index is 2.08. The van der Waals surface area contributed by atoms with Crippen LogP contribution in [-0.2, 0) is 11.0 Å². The Kier molecular flexibility index (Phi) is 9.44. The molecule has 0 aromatic heterocycles. The van der Waals surface area contributed by atoms with Gasteiger partial charge in [0.2, 0.25) is 0 Å². The maximum Gasteiger partial charge on any atom is 0.365 e. The van der Waals surface area contributed by atoms with Crippen LogP contribution in [0.3, 0.4) is 0 Å². The largest absolute Gasteiger partial charge is 0.426 e. The second-order valence-electron chi connectivity index (χ2n) is 5.24. The molecule has 1 unspecified atom stereocenters. The number of hydrogen-bond donors (Lipinski definition) is 1. The summed E-state index contributed by atoms with van der Waals surface area (Å²) in [5, 5.41) is 0. The summed E-state index contributed by atoms with van der Waals surface area (Å²) in [6, 6.07) is 7.47. The van der Waals surface area contributed by atoms with E-state index in [1.165, 1.54) is 56.9 Å². The lowest BCUT2D eigenvalue weighted by Crippen LogP contribution is -1.87. The molecule has 0 fully saturated rings. The zero-order valence-corrected chi connectivity index (χ0v) is 13.4. The number of rotatable bonds is 11. The highest BCUT2D eigenvalue weighted by atomic mass is 31.1. The van der Waals surface area contributed by atoms with Gasteiger partial charge in [-0.05, 0) is 30.5 Å². The van der Waals surface area contributed by atoms with E-state index in [0.29, 0.717) is 5.75 Å². The van der Waals surface area contributed by atoms with E-state index < -0.39 is 8.25 Å². The Morgan fingerprint density at radius 3 is 2.05 bits per heavy atom. The molecule has 0 saturated heterocycles. The van der Waals surface area contributed by atoms with Crippen LogP contribution in [0.5, 0.6) is 5.75 Å². The molecule has 4 heteroatoms. The molecule has 114 valence electrons. The molecule has 1 rings (SSSR count). The quantitative estimate of drug-likeness (QED) is 0.455. The van der Waals surface area contributed by atoms with Crippen molar-refractivity contribution in [2.24, 2.45) is 0 Å². The second kappa shape index (κ2) is 10.9. The summed E-state index contributed by atoms with van der Waals surface area (Å²) in [6.45, 7) is 2.25. The van der Waals surface area contributed by atoms with Gasteiger partial charge in [-0.25, -0.2) is 4.57 Å². The fourth-order valence-electron chi connectivity index (χ4n) is 2.29. The molecule has 1 atom stereocenters. The van der Waals surface area contributed by atoms with Gasteiger partial charge in [-0.3, -0.25) is 0 Å². The van der Waals surface area contributed by atoms with Crippen LogP contribution in [0.25, 0.3) is 0 Å². The number of benzene rings is 1. The summed E-state index contributed by atoms with van der Waals surface area (Å²) in [4.78, 5) is 8.68. The third kappa shape index (κ3) is 8.39. The van der Waals surface area contributed by atoms with Crippen molar-refractivity contribution in [2.45, 2.75) is 64.7 Å². The number of hydrogen-bond acceptors (Lipinski definition) is 2. The fraction of sp³-hybridized carbons (Fsp3) is 0.625. The van der Waals surface area contributed by atoms with Gasteiger partial charge in [-0.1, -0.05) is 64.0 Å². The van der Waals surface area contributed by atoms with Gasteiger partial charge >= 0.3 is 8.25 Å². The zero-order valence-electron chi connectivity index (χ0n) is 12.4. The lowest BCUT2D eigenvalue weighted by Gasteiger charge is -2.05. The first-order valence-corrected chi connectivity index (χ1v) is 8.98. The first-order chi connectivity index (χ1) is 9.72. The molecule has 0 radical (unpaired) electrons. The lowest BCUT2D eigenvalue weighted by atomic mass is 10.0. The van der Waals surface area contributed by atoms with Crippen LogP contribution in [0, 0.1) is 0 Å². The predicted octanol–water partition coefficient (Wildman–Crippen LogP) is 5.13. The van der Waals surface area contributed by atoms with Crippen LogP contribution in [0.15, 0.2) is 24.3 Å². The van der Waals surface area contributed by atoms with Gasteiger partial charge in [-0.15, -0.1) is 0 Å². The molecule has 3 nitrogen and oxygen atoms in total. The Morgan fingerprint density at radius 1 is 0.950 bits per heavy atom. The predicted molar refractivity (Wildman–Crippen MR) is 84.6 cm³/mol. The maximum absolute atomic E-state index is 10.6. The molecule has 1 aromatic carbocycles. The number of unbranched alkanes of at least 4 members (excludes halogenated alkanes) is 7. The minimum Gasteiger partial charge on any atom is -0.426 e. The molecule has 0 aliphatic heterocycles. The average molecular weight is 298 g/mol. The SMILES string of the molecule is CCCCCCCCCCc1ccc(O[PH](=O)O)cc1. The van der Waals surface area contributed by atoms with Gasteiger partial charge < -0.3 is 9.42 Å². The van der Waals surface area contributed by atoms with Gasteiger partial charge in [-0.2, -0.15) is 0 Å². The number of aryl methyl sites for hydroxylation is 1. The molecule has 0 amide bonds. The van der Waals surface area contributed by atoms with E-state index in [9.17, 15) is 4.57 Å². The highest BCUT2D eigenvalue weighted by Gasteiger charge is 1.98. The van der Waals surface area contributed by atoms with Gasteiger partial charge in [0.25, 0.3) is 0 Å². The van der Waals surface area contributed by atoms with Crippen molar-refractivity contribution in [3.8, 4) is 5.75 Å². The highest BCUT2D eigenvalue weighted by molar-refractivity contribution is 7.32. The summed E-state index contributed by atoms with van der Waals surface area (Å²) in [7, 11) is -2.88. The Labute approximate surface area is 123 Å². The lowest BCUT2D eigenvalue weighted by molar-refractivity contribution is 0.410. The molecule has 0 heterocycles. The van der Waals surface area contributed by atoms with Crippen LogP contribution in [0.4, 0.5) is 0 Å². The molecule has 0 aliphatic rings. The van der Waals surface area contributed by atoms with Crippen LogP contribution in [0.1, 0.15) is 63.9 Å². The first-order valence-electron chi connectivity index (χ1n) is 7.72. The Morgan fingerprint density at radius 2 is 1.50 bits per heavy atom. The monoisotopic (exact) mass is 298 g/mol. The van der Waals surface area contributed by atoms with Crippen molar-refractivity contribution in [1.29, 1.82) is 0 Å². The fourth-order valence-corrected chi connectivity index (χ4v) is 2.63. The summed E-state index contributed by atoms with van der Waals surface area (Å²) in [6.07, 6.45) is 11.7. The maximum atomic E-state index is 10.6. The molecule has 20 heavy (non-hydrogen) atoms. The zero-order chi connectivity index (χ0) is 14.6. The molecular weight excluding hydrogens is 271 g/mol. The normalized spacial score (nSPS) is 12.3. The van der Waals surface area contributed by atoms with E-state index in [1.807, 2.05) is 12.1 Å².